The lowest BCUT2D eigenvalue weighted by molar-refractivity contribution is 0.194. The summed E-state index contributed by atoms with van der Waals surface area (Å²) in [4.78, 5) is 0. The zero-order valence-electron chi connectivity index (χ0n) is 11.5. The fourth-order valence-electron chi connectivity index (χ4n) is 3.35. The van der Waals surface area contributed by atoms with Crippen LogP contribution in [0.5, 0.6) is 0 Å². The van der Waals surface area contributed by atoms with Crippen LogP contribution in [0.2, 0.25) is 0 Å². The minimum absolute atomic E-state index is 0.136. The lowest BCUT2D eigenvalue weighted by atomic mass is 9.72. The topological polar surface area (TPSA) is 26.0 Å². The van der Waals surface area contributed by atoms with Crippen molar-refractivity contribution in [3.63, 3.8) is 0 Å². The van der Waals surface area contributed by atoms with Crippen molar-refractivity contribution in [1.29, 1.82) is 0 Å². The van der Waals surface area contributed by atoms with E-state index in [0.29, 0.717) is 17.4 Å². The summed E-state index contributed by atoms with van der Waals surface area (Å²) in [6, 6.07) is 5.29. The van der Waals surface area contributed by atoms with Crippen LogP contribution in [0.3, 0.4) is 0 Å². The number of aryl methyl sites for hydroxylation is 1. The number of halogens is 1. The fourth-order valence-corrected chi connectivity index (χ4v) is 3.35. The minimum atomic E-state index is -0.143. The average molecular weight is 249 g/mol. The highest BCUT2D eigenvalue weighted by Crippen LogP contribution is 2.39. The summed E-state index contributed by atoms with van der Waals surface area (Å²) >= 11 is 0. The molecule has 3 unspecified atom stereocenters. The highest BCUT2D eigenvalue weighted by Gasteiger charge is 2.30. The molecule has 0 heterocycles. The molecule has 1 aliphatic rings. The van der Waals surface area contributed by atoms with Gasteiger partial charge in [-0.3, -0.25) is 0 Å². The fraction of sp³-hybridized carbons (Fsp3) is 0.625. The Morgan fingerprint density at radius 1 is 1.33 bits per heavy atom. The molecule has 1 aromatic carbocycles. The van der Waals surface area contributed by atoms with Crippen molar-refractivity contribution in [2.24, 2.45) is 17.6 Å². The number of hydrogen-bond donors (Lipinski definition) is 1. The lowest BCUT2D eigenvalue weighted by Gasteiger charge is -2.35. The first-order valence-electron chi connectivity index (χ1n) is 7.15. The van der Waals surface area contributed by atoms with Crippen LogP contribution in [0, 0.1) is 24.6 Å². The quantitative estimate of drug-likeness (QED) is 0.846. The summed E-state index contributed by atoms with van der Waals surface area (Å²) in [5.41, 5.74) is 8.00. The van der Waals surface area contributed by atoms with Crippen LogP contribution in [0.25, 0.3) is 0 Å². The standard InChI is InChI=1S/C16H24FN/c1-3-12-6-4-5-7-13(12)16(18)14-9-8-11(2)10-15(14)17/h8-10,12-13,16H,3-7,18H2,1-2H3. The molecule has 0 radical (unpaired) electrons. The Balaban J connectivity index is 2.20. The van der Waals surface area contributed by atoms with E-state index in [1.807, 2.05) is 19.1 Å². The molecule has 0 amide bonds. The van der Waals surface area contributed by atoms with Gasteiger partial charge in [-0.15, -0.1) is 0 Å². The van der Waals surface area contributed by atoms with Crippen molar-refractivity contribution < 1.29 is 4.39 Å². The van der Waals surface area contributed by atoms with Gasteiger partial charge < -0.3 is 5.73 Å². The highest BCUT2D eigenvalue weighted by atomic mass is 19.1. The molecule has 3 atom stereocenters. The van der Waals surface area contributed by atoms with Gasteiger partial charge in [-0.2, -0.15) is 0 Å². The van der Waals surface area contributed by atoms with Crippen LogP contribution < -0.4 is 5.73 Å². The molecule has 1 fully saturated rings. The van der Waals surface area contributed by atoms with Crippen molar-refractivity contribution in [2.45, 2.75) is 52.0 Å². The summed E-state index contributed by atoms with van der Waals surface area (Å²) in [5, 5.41) is 0. The van der Waals surface area contributed by atoms with Crippen molar-refractivity contribution in [3.8, 4) is 0 Å². The molecule has 18 heavy (non-hydrogen) atoms. The third kappa shape index (κ3) is 2.74. The molecular formula is C16H24FN. The van der Waals surface area contributed by atoms with Crippen LogP contribution >= 0.6 is 0 Å². The first-order chi connectivity index (χ1) is 8.63. The molecular weight excluding hydrogens is 225 g/mol. The third-order valence-corrected chi connectivity index (χ3v) is 4.47. The van der Waals surface area contributed by atoms with E-state index < -0.39 is 0 Å². The van der Waals surface area contributed by atoms with Crippen molar-refractivity contribution in [3.05, 3.63) is 35.1 Å². The van der Waals surface area contributed by atoms with Gasteiger partial charge in [0.1, 0.15) is 5.82 Å². The van der Waals surface area contributed by atoms with E-state index in [0.717, 1.165) is 18.4 Å². The predicted octanol–water partition coefficient (Wildman–Crippen LogP) is 4.35. The second-order valence-corrected chi connectivity index (χ2v) is 5.67. The number of nitrogens with two attached hydrogens (primary N) is 1. The van der Waals surface area contributed by atoms with E-state index in [1.54, 1.807) is 6.07 Å². The number of rotatable bonds is 3. The second kappa shape index (κ2) is 5.83. The summed E-state index contributed by atoms with van der Waals surface area (Å²) < 4.78 is 14.0. The van der Waals surface area contributed by atoms with E-state index >= 15 is 0 Å². The van der Waals surface area contributed by atoms with Crippen LogP contribution in [0.1, 0.15) is 56.2 Å². The average Bonchev–Trinajstić information content (AvgIpc) is 2.38. The first kappa shape index (κ1) is 13.5. The van der Waals surface area contributed by atoms with Crippen molar-refractivity contribution in [2.75, 3.05) is 0 Å². The minimum Gasteiger partial charge on any atom is -0.324 e. The Bertz CT molecular complexity index is 402. The zero-order chi connectivity index (χ0) is 13.1. The van der Waals surface area contributed by atoms with Crippen molar-refractivity contribution in [1.82, 2.24) is 0 Å². The molecule has 0 bridgehead atoms. The Morgan fingerprint density at radius 2 is 2.06 bits per heavy atom. The number of benzene rings is 1. The molecule has 100 valence electrons. The SMILES string of the molecule is CCC1CCCCC1C(N)c1ccc(C)cc1F. The molecule has 1 aliphatic carbocycles. The normalized spacial score (nSPS) is 26.0. The summed E-state index contributed by atoms with van der Waals surface area (Å²) in [7, 11) is 0. The summed E-state index contributed by atoms with van der Waals surface area (Å²) in [5.74, 6) is 0.971. The molecule has 2 rings (SSSR count). The molecule has 1 nitrogen and oxygen atoms in total. The maximum Gasteiger partial charge on any atom is 0.128 e. The Labute approximate surface area is 110 Å². The number of hydrogen-bond acceptors (Lipinski definition) is 1. The molecule has 1 saturated carbocycles. The van der Waals surface area contributed by atoms with Crippen LogP contribution in [0.15, 0.2) is 18.2 Å². The molecule has 2 heteroatoms. The summed E-state index contributed by atoms with van der Waals surface area (Å²) in [6.45, 7) is 4.13. The van der Waals surface area contributed by atoms with Gasteiger partial charge in [0.25, 0.3) is 0 Å². The molecule has 0 aliphatic heterocycles. The second-order valence-electron chi connectivity index (χ2n) is 5.67. The molecule has 1 aromatic rings. The molecule has 0 aromatic heterocycles. The molecule has 0 saturated heterocycles. The van der Waals surface area contributed by atoms with Gasteiger partial charge >= 0.3 is 0 Å². The summed E-state index contributed by atoms with van der Waals surface area (Å²) in [6.07, 6.45) is 6.10. The highest BCUT2D eigenvalue weighted by molar-refractivity contribution is 5.26. The predicted molar refractivity (Wildman–Crippen MR) is 73.8 cm³/mol. The van der Waals surface area contributed by atoms with Crippen LogP contribution in [-0.4, -0.2) is 0 Å². The van der Waals surface area contributed by atoms with Gasteiger partial charge in [-0.1, -0.05) is 44.7 Å². The largest absolute Gasteiger partial charge is 0.324 e. The van der Waals surface area contributed by atoms with Gasteiger partial charge in [0.2, 0.25) is 0 Å². The van der Waals surface area contributed by atoms with E-state index in [1.165, 1.54) is 19.3 Å². The van der Waals surface area contributed by atoms with Gasteiger partial charge in [0.05, 0.1) is 0 Å². The van der Waals surface area contributed by atoms with Gasteiger partial charge in [0, 0.05) is 11.6 Å². The molecule has 2 N–H and O–H groups in total. The Hall–Kier alpha value is -0.890. The third-order valence-electron chi connectivity index (χ3n) is 4.47. The van der Waals surface area contributed by atoms with Gasteiger partial charge in [0.15, 0.2) is 0 Å². The van der Waals surface area contributed by atoms with E-state index in [4.69, 9.17) is 5.73 Å². The van der Waals surface area contributed by atoms with Gasteiger partial charge in [-0.25, -0.2) is 4.39 Å². The Kier molecular flexibility index (Phi) is 4.39. The Morgan fingerprint density at radius 3 is 2.72 bits per heavy atom. The van der Waals surface area contributed by atoms with Crippen molar-refractivity contribution >= 4 is 0 Å². The van der Waals surface area contributed by atoms with Gasteiger partial charge in [-0.05, 0) is 36.8 Å². The maximum atomic E-state index is 14.0. The zero-order valence-corrected chi connectivity index (χ0v) is 11.5. The van der Waals surface area contributed by atoms with E-state index in [-0.39, 0.29) is 11.9 Å². The van der Waals surface area contributed by atoms with E-state index in [9.17, 15) is 4.39 Å². The van der Waals surface area contributed by atoms with E-state index in [2.05, 4.69) is 6.92 Å². The lowest BCUT2D eigenvalue weighted by Crippen LogP contribution is -2.31. The monoisotopic (exact) mass is 249 g/mol. The first-order valence-corrected chi connectivity index (χ1v) is 7.15. The maximum absolute atomic E-state index is 14.0. The smallest absolute Gasteiger partial charge is 0.128 e. The molecule has 0 spiro atoms. The van der Waals surface area contributed by atoms with Crippen LogP contribution in [-0.2, 0) is 0 Å². The van der Waals surface area contributed by atoms with Crippen LogP contribution in [0.4, 0.5) is 4.39 Å².